The van der Waals surface area contributed by atoms with Crippen molar-refractivity contribution in [2.45, 2.75) is 0 Å². The van der Waals surface area contributed by atoms with E-state index < -0.39 is 14.8 Å². The van der Waals surface area contributed by atoms with Gasteiger partial charge in [-0.2, -0.15) is 0 Å². The van der Waals surface area contributed by atoms with Crippen molar-refractivity contribution < 1.29 is 29.7 Å². The molecule has 8 heavy (non-hydrogen) atoms. The van der Waals surface area contributed by atoms with E-state index in [0.717, 1.165) is 0 Å². The van der Waals surface area contributed by atoms with E-state index in [9.17, 15) is 0 Å². The van der Waals surface area contributed by atoms with Crippen molar-refractivity contribution >= 4 is 14.8 Å². The van der Waals surface area contributed by atoms with Gasteiger partial charge in [-0.15, -0.1) is 0 Å². The smallest absolute Gasteiger partial charge is 0.450 e. The van der Waals surface area contributed by atoms with E-state index in [4.69, 9.17) is 29.7 Å². The van der Waals surface area contributed by atoms with Crippen LogP contribution in [-0.2, 0) is 0 Å². The molecule has 0 spiro atoms. The molecule has 0 saturated carbocycles. The summed E-state index contributed by atoms with van der Waals surface area (Å²) in [6.45, 7) is 0. The van der Waals surface area contributed by atoms with Crippen LogP contribution < -0.4 is 0 Å². The van der Waals surface area contributed by atoms with E-state index in [1.54, 1.807) is 0 Å². The van der Waals surface area contributed by atoms with Crippen LogP contribution >= 0.6 is 8.60 Å². The SMILES string of the molecule is O=C(O)O.OP(O)O. The first-order valence-electron chi connectivity index (χ1n) is 1.25. The fraction of sp³-hybridized carbons (Fsp3) is 0. The molecule has 0 atom stereocenters. The van der Waals surface area contributed by atoms with Gasteiger partial charge in [0.05, 0.1) is 0 Å². The fourth-order valence-corrected chi connectivity index (χ4v) is 0. The molecule has 7 heteroatoms. The molecule has 0 fully saturated rings. The average molecular weight is 144 g/mol. The van der Waals surface area contributed by atoms with Gasteiger partial charge in [0.2, 0.25) is 0 Å². The Morgan fingerprint density at radius 3 is 1.12 bits per heavy atom. The first kappa shape index (κ1) is 10.5. The molecule has 0 heterocycles. The number of carbonyl (C=O) groups is 1. The topological polar surface area (TPSA) is 118 Å². The summed E-state index contributed by atoms with van der Waals surface area (Å²) in [7, 11) is -2.62. The third kappa shape index (κ3) is 664. The maximum absolute atomic E-state index is 8.56. The van der Waals surface area contributed by atoms with Crippen LogP contribution in [0.15, 0.2) is 0 Å². The molecule has 0 unspecified atom stereocenters. The minimum absolute atomic E-state index is 1.83. The molecule has 0 amide bonds. The molecule has 0 rings (SSSR count). The van der Waals surface area contributed by atoms with Gasteiger partial charge in [-0.1, -0.05) is 0 Å². The molecule has 0 radical (unpaired) electrons. The molecular weight excluding hydrogens is 139 g/mol. The Morgan fingerprint density at radius 1 is 1.12 bits per heavy atom. The minimum Gasteiger partial charge on any atom is -0.450 e. The number of carboxylic acid groups (broad SMARTS) is 2. The van der Waals surface area contributed by atoms with Crippen LogP contribution in [0.25, 0.3) is 0 Å². The van der Waals surface area contributed by atoms with E-state index >= 15 is 0 Å². The monoisotopic (exact) mass is 144 g/mol. The zero-order valence-electron chi connectivity index (χ0n) is 3.59. The van der Waals surface area contributed by atoms with Gasteiger partial charge in [0.15, 0.2) is 0 Å². The second-order valence-corrected chi connectivity index (χ2v) is 1.09. The van der Waals surface area contributed by atoms with Crippen molar-refractivity contribution in [3.8, 4) is 0 Å². The zero-order valence-corrected chi connectivity index (χ0v) is 4.49. The lowest BCUT2D eigenvalue weighted by Crippen LogP contribution is -1.81. The van der Waals surface area contributed by atoms with Crippen LogP contribution in [0, 0.1) is 0 Å². The van der Waals surface area contributed by atoms with Crippen molar-refractivity contribution in [1.82, 2.24) is 0 Å². The summed E-state index contributed by atoms with van der Waals surface area (Å²) >= 11 is 0. The highest BCUT2D eigenvalue weighted by molar-refractivity contribution is 7.38. The van der Waals surface area contributed by atoms with Gasteiger partial charge in [-0.3, -0.25) is 0 Å². The second kappa shape index (κ2) is 6.58. The quantitative estimate of drug-likeness (QED) is 0.290. The molecule has 0 aromatic carbocycles. The molecule has 0 aliphatic carbocycles. The Hall–Kier alpha value is -0.420. The van der Waals surface area contributed by atoms with Crippen LogP contribution in [-0.4, -0.2) is 31.0 Å². The van der Waals surface area contributed by atoms with Gasteiger partial charge in [0.25, 0.3) is 0 Å². The van der Waals surface area contributed by atoms with E-state index in [-0.39, 0.29) is 0 Å². The standard InChI is InChI=1S/CH2O3.H3O3P/c2-1(3)4;1-4(2)3/h(H2,2,3,4);1-3H. The maximum Gasteiger partial charge on any atom is 0.503 e. The summed E-state index contributed by atoms with van der Waals surface area (Å²) in [4.78, 5) is 30.2. The Morgan fingerprint density at radius 2 is 1.12 bits per heavy atom. The molecule has 6 nitrogen and oxygen atoms in total. The normalized spacial score (nSPS) is 7.50. The van der Waals surface area contributed by atoms with Crippen molar-refractivity contribution in [3.63, 3.8) is 0 Å². The third-order valence-corrected chi connectivity index (χ3v) is 0. The predicted octanol–water partition coefficient (Wildman–Crippen LogP) is -0.587. The highest BCUT2D eigenvalue weighted by atomic mass is 31.2. The van der Waals surface area contributed by atoms with Gasteiger partial charge < -0.3 is 24.9 Å². The van der Waals surface area contributed by atoms with Crippen LogP contribution in [0.1, 0.15) is 0 Å². The Kier molecular flexibility index (Phi) is 8.67. The van der Waals surface area contributed by atoms with E-state index in [1.807, 2.05) is 0 Å². The van der Waals surface area contributed by atoms with Crippen LogP contribution in [0.4, 0.5) is 4.79 Å². The first-order chi connectivity index (χ1) is 3.46. The first-order valence-corrected chi connectivity index (χ1v) is 2.45. The van der Waals surface area contributed by atoms with Crippen molar-refractivity contribution in [1.29, 1.82) is 0 Å². The van der Waals surface area contributed by atoms with E-state index in [1.165, 1.54) is 0 Å². The lowest BCUT2D eigenvalue weighted by Gasteiger charge is -1.76. The van der Waals surface area contributed by atoms with Gasteiger partial charge >= 0.3 is 14.8 Å². The molecule has 5 N–H and O–H groups in total. The summed E-state index contributed by atoms with van der Waals surface area (Å²) in [5.74, 6) is 0. The molecule has 0 aliphatic rings. The third-order valence-electron chi connectivity index (χ3n) is 0. The molecule has 0 aromatic rings. The molecule has 0 aromatic heterocycles. The Balaban J connectivity index is 0. The number of rotatable bonds is 0. The lowest BCUT2D eigenvalue weighted by molar-refractivity contribution is 0.137. The van der Waals surface area contributed by atoms with Gasteiger partial charge in [-0.25, -0.2) is 4.79 Å². The average Bonchev–Trinajstić information content (AvgIpc) is 1.25. The lowest BCUT2D eigenvalue weighted by atomic mass is 11.5. The van der Waals surface area contributed by atoms with Gasteiger partial charge in [0, 0.05) is 0 Å². The highest BCUT2D eigenvalue weighted by Crippen LogP contribution is 2.11. The number of hydrogen-bond donors (Lipinski definition) is 5. The number of hydrogen-bond acceptors (Lipinski definition) is 4. The van der Waals surface area contributed by atoms with Crippen LogP contribution in [0.3, 0.4) is 0 Å². The van der Waals surface area contributed by atoms with E-state index in [0.29, 0.717) is 0 Å². The van der Waals surface area contributed by atoms with Gasteiger partial charge in [-0.05, 0) is 0 Å². The van der Waals surface area contributed by atoms with E-state index in [2.05, 4.69) is 0 Å². The highest BCUT2D eigenvalue weighted by Gasteiger charge is 1.76. The molecule has 0 aliphatic heterocycles. The van der Waals surface area contributed by atoms with Gasteiger partial charge in [0.1, 0.15) is 0 Å². The molecule has 50 valence electrons. The molecule has 0 bridgehead atoms. The zero-order chi connectivity index (χ0) is 7.15. The maximum atomic E-state index is 8.56. The summed E-state index contributed by atoms with van der Waals surface area (Å²) in [5.41, 5.74) is 0. The van der Waals surface area contributed by atoms with Crippen LogP contribution in [0.2, 0.25) is 0 Å². The summed E-state index contributed by atoms with van der Waals surface area (Å²) < 4.78 is 0. The Labute approximate surface area is 45.6 Å². The summed E-state index contributed by atoms with van der Waals surface area (Å²) in [6.07, 6.45) is -1.83. The van der Waals surface area contributed by atoms with Crippen molar-refractivity contribution in [3.05, 3.63) is 0 Å². The molecule has 0 saturated heterocycles. The van der Waals surface area contributed by atoms with Crippen molar-refractivity contribution in [2.75, 3.05) is 0 Å². The molecular formula is CH5O6P. The minimum atomic E-state index is -2.62. The fourth-order valence-electron chi connectivity index (χ4n) is 0. The second-order valence-electron chi connectivity index (χ2n) is 0.551. The van der Waals surface area contributed by atoms with Crippen LogP contribution in [0.5, 0.6) is 0 Å². The van der Waals surface area contributed by atoms with Crippen molar-refractivity contribution in [2.24, 2.45) is 0 Å². The summed E-state index contributed by atoms with van der Waals surface area (Å²) in [5, 5.41) is 13.9. The summed E-state index contributed by atoms with van der Waals surface area (Å²) in [6, 6.07) is 0. The predicted molar refractivity (Wildman–Crippen MR) is 24.2 cm³/mol. The largest absolute Gasteiger partial charge is 0.503 e. The Bertz CT molecular complexity index is 52.8.